The summed E-state index contributed by atoms with van der Waals surface area (Å²) in [6.07, 6.45) is 8.02. The number of amides is 3. The van der Waals surface area contributed by atoms with Crippen LogP contribution >= 0.6 is 12.4 Å². The van der Waals surface area contributed by atoms with Crippen LogP contribution in [0.25, 0.3) is 0 Å². The number of carbonyl (C=O) groups is 2. The third kappa shape index (κ3) is 5.11. The van der Waals surface area contributed by atoms with Gasteiger partial charge in [0.1, 0.15) is 0 Å². The molecule has 3 amide bonds. The zero-order valence-corrected chi connectivity index (χ0v) is 15.9. The summed E-state index contributed by atoms with van der Waals surface area (Å²) in [6.45, 7) is 1.64. The first-order chi connectivity index (χ1) is 12.1. The highest BCUT2D eigenvalue weighted by molar-refractivity contribution is 5.98. The van der Waals surface area contributed by atoms with Gasteiger partial charge in [0.25, 0.3) is 0 Å². The smallest absolute Gasteiger partial charge is 0.321 e. The summed E-state index contributed by atoms with van der Waals surface area (Å²) in [5.41, 5.74) is 6.87. The standard InChI is InChI=1S/C19H28N4O2.ClH/c20-19(11-3-4-12-19)17(24)21-15-7-9-16(10-8-15)22-18(25)23-13-5-1-2-6-14-23;/h7-10H,1-6,11-14,20H2,(H,21,24)(H,22,25);1H. The van der Waals surface area contributed by atoms with E-state index in [1.807, 2.05) is 17.0 Å². The van der Waals surface area contributed by atoms with E-state index in [1.54, 1.807) is 12.1 Å². The van der Waals surface area contributed by atoms with Crippen LogP contribution in [0.1, 0.15) is 51.4 Å². The maximum absolute atomic E-state index is 12.3. The molecule has 0 radical (unpaired) electrons. The van der Waals surface area contributed by atoms with Crippen molar-refractivity contribution in [3.05, 3.63) is 24.3 Å². The molecule has 0 spiro atoms. The van der Waals surface area contributed by atoms with Crippen molar-refractivity contribution in [2.45, 2.75) is 56.9 Å². The average Bonchev–Trinajstić information content (AvgIpc) is 2.89. The fourth-order valence-electron chi connectivity index (χ4n) is 3.60. The van der Waals surface area contributed by atoms with Gasteiger partial charge in [-0.3, -0.25) is 4.79 Å². The van der Waals surface area contributed by atoms with Gasteiger partial charge in [0.05, 0.1) is 5.54 Å². The normalized spacial score (nSPS) is 19.2. The summed E-state index contributed by atoms with van der Waals surface area (Å²) < 4.78 is 0. The van der Waals surface area contributed by atoms with Crippen LogP contribution in [-0.2, 0) is 4.79 Å². The number of nitrogens with two attached hydrogens (primary N) is 1. The van der Waals surface area contributed by atoms with E-state index >= 15 is 0 Å². The van der Waals surface area contributed by atoms with E-state index in [9.17, 15) is 9.59 Å². The second-order valence-corrected chi connectivity index (χ2v) is 7.23. The molecule has 1 heterocycles. The number of rotatable bonds is 3. The molecule has 6 nitrogen and oxygen atoms in total. The van der Waals surface area contributed by atoms with Gasteiger partial charge < -0.3 is 21.3 Å². The fraction of sp³-hybridized carbons (Fsp3) is 0.579. The van der Waals surface area contributed by atoms with E-state index in [0.29, 0.717) is 5.69 Å². The van der Waals surface area contributed by atoms with E-state index in [0.717, 1.165) is 57.3 Å². The monoisotopic (exact) mass is 380 g/mol. The minimum atomic E-state index is -0.736. The molecule has 1 saturated heterocycles. The number of urea groups is 1. The van der Waals surface area contributed by atoms with Crippen LogP contribution in [0.2, 0.25) is 0 Å². The van der Waals surface area contributed by atoms with Crippen LogP contribution in [0.15, 0.2) is 24.3 Å². The SMILES string of the molecule is Cl.NC1(C(=O)Nc2ccc(NC(=O)N3CCCCCC3)cc2)CCCC1. The second-order valence-electron chi connectivity index (χ2n) is 7.23. The van der Waals surface area contributed by atoms with Gasteiger partial charge in [0.15, 0.2) is 0 Å². The third-order valence-electron chi connectivity index (χ3n) is 5.24. The topological polar surface area (TPSA) is 87.5 Å². The maximum atomic E-state index is 12.3. The fourth-order valence-corrected chi connectivity index (χ4v) is 3.60. The highest BCUT2D eigenvalue weighted by atomic mass is 35.5. The molecule has 4 N–H and O–H groups in total. The zero-order valence-electron chi connectivity index (χ0n) is 15.1. The molecule has 7 heteroatoms. The quantitative estimate of drug-likeness (QED) is 0.746. The van der Waals surface area contributed by atoms with Gasteiger partial charge in [0, 0.05) is 24.5 Å². The van der Waals surface area contributed by atoms with Gasteiger partial charge in [-0.2, -0.15) is 0 Å². The number of nitrogens with one attached hydrogen (secondary N) is 2. The molecule has 0 atom stereocenters. The van der Waals surface area contributed by atoms with Gasteiger partial charge >= 0.3 is 6.03 Å². The molecule has 1 aliphatic heterocycles. The second kappa shape index (κ2) is 9.24. The molecule has 2 aliphatic rings. The number of likely N-dealkylation sites (tertiary alicyclic amines) is 1. The van der Waals surface area contributed by atoms with Crippen molar-refractivity contribution in [1.82, 2.24) is 4.90 Å². The first-order valence-electron chi connectivity index (χ1n) is 9.33. The van der Waals surface area contributed by atoms with E-state index in [4.69, 9.17) is 5.73 Å². The van der Waals surface area contributed by atoms with Crippen molar-refractivity contribution in [2.75, 3.05) is 23.7 Å². The lowest BCUT2D eigenvalue weighted by molar-refractivity contribution is -0.121. The summed E-state index contributed by atoms with van der Waals surface area (Å²) >= 11 is 0. The van der Waals surface area contributed by atoms with Crippen molar-refractivity contribution in [2.24, 2.45) is 5.73 Å². The van der Waals surface area contributed by atoms with Crippen LogP contribution in [-0.4, -0.2) is 35.5 Å². The number of hydrogen-bond donors (Lipinski definition) is 3. The number of hydrogen-bond acceptors (Lipinski definition) is 3. The van der Waals surface area contributed by atoms with Gasteiger partial charge in [-0.25, -0.2) is 4.79 Å². The Balaban J connectivity index is 0.00000243. The molecular formula is C19H29ClN4O2. The number of halogens is 1. The molecule has 0 bridgehead atoms. The molecule has 0 unspecified atom stereocenters. The van der Waals surface area contributed by atoms with Gasteiger partial charge in [-0.15, -0.1) is 12.4 Å². The molecule has 3 rings (SSSR count). The maximum Gasteiger partial charge on any atom is 0.321 e. The summed E-state index contributed by atoms with van der Waals surface area (Å²) in [4.78, 5) is 26.5. The van der Waals surface area contributed by atoms with Crippen LogP contribution < -0.4 is 16.4 Å². The van der Waals surface area contributed by atoms with Crippen molar-refractivity contribution in [3.8, 4) is 0 Å². The lowest BCUT2D eigenvalue weighted by Gasteiger charge is -2.22. The molecular weight excluding hydrogens is 352 g/mol. The number of carbonyl (C=O) groups excluding carboxylic acids is 2. The largest absolute Gasteiger partial charge is 0.325 e. The van der Waals surface area contributed by atoms with E-state index in [2.05, 4.69) is 10.6 Å². The van der Waals surface area contributed by atoms with E-state index < -0.39 is 5.54 Å². The van der Waals surface area contributed by atoms with Crippen LogP contribution in [0.5, 0.6) is 0 Å². The van der Waals surface area contributed by atoms with E-state index in [-0.39, 0.29) is 24.3 Å². The van der Waals surface area contributed by atoms with Gasteiger partial charge in [-0.05, 0) is 49.9 Å². The first kappa shape index (κ1) is 20.5. The van der Waals surface area contributed by atoms with Crippen LogP contribution in [0, 0.1) is 0 Å². The lowest BCUT2D eigenvalue weighted by atomic mass is 9.98. The Bertz CT molecular complexity index is 606. The van der Waals surface area contributed by atoms with Gasteiger partial charge in [0.2, 0.25) is 5.91 Å². The van der Waals surface area contributed by atoms with Gasteiger partial charge in [-0.1, -0.05) is 25.7 Å². The minimum Gasteiger partial charge on any atom is -0.325 e. The Kier molecular flexibility index (Phi) is 7.29. The predicted molar refractivity (Wildman–Crippen MR) is 107 cm³/mol. The van der Waals surface area contributed by atoms with Crippen molar-refractivity contribution in [1.29, 1.82) is 0 Å². The predicted octanol–water partition coefficient (Wildman–Crippen LogP) is 3.73. The highest BCUT2D eigenvalue weighted by Gasteiger charge is 2.36. The summed E-state index contributed by atoms with van der Waals surface area (Å²) in [6, 6.07) is 7.17. The van der Waals surface area contributed by atoms with Crippen LogP contribution in [0.3, 0.4) is 0 Å². The third-order valence-corrected chi connectivity index (χ3v) is 5.24. The number of anilines is 2. The zero-order chi connectivity index (χ0) is 17.7. The van der Waals surface area contributed by atoms with Crippen molar-refractivity contribution >= 4 is 35.7 Å². The molecule has 1 aromatic carbocycles. The Morgan fingerprint density at radius 1 is 0.846 bits per heavy atom. The van der Waals surface area contributed by atoms with Crippen molar-refractivity contribution < 1.29 is 9.59 Å². The Morgan fingerprint density at radius 2 is 1.35 bits per heavy atom. The number of benzene rings is 1. The number of nitrogens with zero attached hydrogens (tertiary/aromatic N) is 1. The van der Waals surface area contributed by atoms with E-state index in [1.165, 1.54) is 12.8 Å². The lowest BCUT2D eigenvalue weighted by Crippen LogP contribution is -2.48. The molecule has 1 aliphatic carbocycles. The minimum absolute atomic E-state index is 0. The van der Waals surface area contributed by atoms with Crippen molar-refractivity contribution in [3.63, 3.8) is 0 Å². The molecule has 26 heavy (non-hydrogen) atoms. The Hall–Kier alpha value is -1.79. The Morgan fingerprint density at radius 3 is 1.88 bits per heavy atom. The molecule has 1 aromatic rings. The summed E-state index contributed by atoms with van der Waals surface area (Å²) in [5, 5.41) is 5.82. The highest BCUT2D eigenvalue weighted by Crippen LogP contribution is 2.28. The molecule has 2 fully saturated rings. The molecule has 144 valence electrons. The van der Waals surface area contributed by atoms with Crippen LogP contribution in [0.4, 0.5) is 16.2 Å². The summed E-state index contributed by atoms with van der Waals surface area (Å²) in [7, 11) is 0. The first-order valence-corrected chi connectivity index (χ1v) is 9.33. The average molecular weight is 381 g/mol. The summed E-state index contributed by atoms with van der Waals surface area (Å²) in [5.74, 6) is -0.119. The Labute approximate surface area is 161 Å². The molecule has 0 aromatic heterocycles. The molecule has 1 saturated carbocycles.